The molecule has 1 amide bonds. The van der Waals surface area contributed by atoms with Crippen LogP contribution in [0.25, 0.3) is 0 Å². The van der Waals surface area contributed by atoms with Crippen molar-refractivity contribution in [1.82, 2.24) is 4.90 Å². The van der Waals surface area contributed by atoms with Gasteiger partial charge < -0.3 is 9.74 Å². The molecule has 2 aliphatic rings. The summed E-state index contributed by atoms with van der Waals surface area (Å²) >= 11 is 6.15. The number of amides is 1. The first-order chi connectivity index (χ1) is 12.0. The maximum atomic E-state index is 14.2. The van der Waals surface area contributed by atoms with Crippen LogP contribution in [0, 0.1) is 18.7 Å². The van der Waals surface area contributed by atoms with Crippen molar-refractivity contribution in [1.29, 1.82) is 0 Å². The summed E-state index contributed by atoms with van der Waals surface area (Å²) in [6.07, 6.45) is -0.264. The maximum Gasteiger partial charge on any atom is 0.254 e. The van der Waals surface area contributed by atoms with Gasteiger partial charge in [0.1, 0.15) is 11.5 Å². The molecule has 2 heterocycles. The maximum absolute atomic E-state index is 14.2. The third-order valence-corrected chi connectivity index (χ3v) is 5.02. The third kappa shape index (κ3) is 2.78. The lowest BCUT2D eigenvalue weighted by molar-refractivity contribution is 0.0631. The Balaban J connectivity index is 1.57. The molecule has 4 nitrogen and oxygen atoms in total. The van der Waals surface area contributed by atoms with Gasteiger partial charge in [-0.05, 0) is 31.2 Å². The lowest BCUT2D eigenvalue weighted by Gasteiger charge is -2.17. The SMILES string of the molecule is Cc1ccc(C(=O)N2CC3ON=C(c4c(F)cccc4Cl)C3C2)cc1. The normalized spacial score (nSPS) is 21.7. The number of carbonyl (C=O) groups excluding carboxylic acids is 1. The monoisotopic (exact) mass is 358 g/mol. The van der Waals surface area contributed by atoms with Gasteiger partial charge >= 0.3 is 0 Å². The van der Waals surface area contributed by atoms with E-state index >= 15 is 0 Å². The van der Waals surface area contributed by atoms with Crippen molar-refractivity contribution in [2.24, 2.45) is 11.1 Å². The van der Waals surface area contributed by atoms with E-state index < -0.39 is 5.82 Å². The first kappa shape index (κ1) is 16.1. The van der Waals surface area contributed by atoms with Crippen LogP contribution in [0.3, 0.4) is 0 Å². The molecule has 25 heavy (non-hydrogen) atoms. The van der Waals surface area contributed by atoms with E-state index in [1.54, 1.807) is 17.0 Å². The standard InChI is InChI=1S/C19H16ClFN2O2/c1-11-5-7-12(8-6-11)19(24)23-9-13-16(10-23)25-22-18(13)17-14(20)3-2-4-15(17)21/h2-8,13,16H,9-10H2,1H3. The zero-order valence-corrected chi connectivity index (χ0v) is 14.3. The molecule has 0 bridgehead atoms. The molecule has 0 aliphatic carbocycles. The first-order valence-corrected chi connectivity index (χ1v) is 8.46. The van der Waals surface area contributed by atoms with Gasteiger partial charge in [0.15, 0.2) is 6.10 Å². The number of benzene rings is 2. The lowest BCUT2D eigenvalue weighted by atomic mass is 9.94. The minimum atomic E-state index is -0.432. The number of rotatable bonds is 2. The van der Waals surface area contributed by atoms with Crippen LogP contribution in [0.4, 0.5) is 4.39 Å². The molecule has 4 rings (SSSR count). The number of halogens is 2. The summed E-state index contributed by atoms with van der Waals surface area (Å²) in [5.74, 6) is -0.667. The van der Waals surface area contributed by atoms with Crippen LogP contribution < -0.4 is 0 Å². The summed E-state index contributed by atoms with van der Waals surface area (Å²) in [4.78, 5) is 19.9. The highest BCUT2D eigenvalue weighted by molar-refractivity contribution is 6.34. The summed E-state index contributed by atoms with van der Waals surface area (Å²) in [6.45, 7) is 2.83. The van der Waals surface area contributed by atoms with Gasteiger partial charge in [0.2, 0.25) is 0 Å². The second-order valence-corrected chi connectivity index (χ2v) is 6.81. The van der Waals surface area contributed by atoms with Crippen LogP contribution in [0.5, 0.6) is 0 Å². The fourth-order valence-corrected chi connectivity index (χ4v) is 3.61. The van der Waals surface area contributed by atoms with E-state index in [2.05, 4.69) is 5.16 Å². The Morgan fingerprint density at radius 2 is 2.00 bits per heavy atom. The smallest absolute Gasteiger partial charge is 0.254 e. The summed E-state index contributed by atoms with van der Waals surface area (Å²) in [5.41, 5.74) is 2.48. The Kier molecular flexibility index (Phi) is 3.96. The van der Waals surface area contributed by atoms with Crippen molar-refractivity contribution in [3.8, 4) is 0 Å². The van der Waals surface area contributed by atoms with E-state index in [4.69, 9.17) is 16.4 Å². The minimum Gasteiger partial charge on any atom is -0.390 e. The Morgan fingerprint density at radius 3 is 2.72 bits per heavy atom. The molecule has 0 spiro atoms. The molecular weight excluding hydrogens is 343 g/mol. The molecule has 2 aromatic carbocycles. The molecule has 0 radical (unpaired) electrons. The van der Waals surface area contributed by atoms with E-state index in [1.165, 1.54) is 6.07 Å². The van der Waals surface area contributed by atoms with Crippen molar-refractivity contribution in [2.45, 2.75) is 13.0 Å². The highest BCUT2D eigenvalue weighted by atomic mass is 35.5. The van der Waals surface area contributed by atoms with Crippen molar-refractivity contribution < 1.29 is 14.0 Å². The van der Waals surface area contributed by atoms with Crippen molar-refractivity contribution in [3.05, 3.63) is 70.0 Å². The number of fused-ring (bicyclic) bond motifs is 1. The van der Waals surface area contributed by atoms with Gasteiger partial charge in [-0.15, -0.1) is 0 Å². The zero-order chi connectivity index (χ0) is 17.6. The van der Waals surface area contributed by atoms with Crippen LogP contribution in [-0.4, -0.2) is 35.7 Å². The molecular formula is C19H16ClFN2O2. The van der Waals surface area contributed by atoms with Gasteiger partial charge in [0.25, 0.3) is 5.91 Å². The topological polar surface area (TPSA) is 41.9 Å². The van der Waals surface area contributed by atoms with E-state index in [1.807, 2.05) is 31.2 Å². The molecule has 2 aromatic rings. The lowest BCUT2D eigenvalue weighted by Crippen LogP contribution is -2.30. The van der Waals surface area contributed by atoms with Gasteiger partial charge in [-0.3, -0.25) is 4.79 Å². The zero-order valence-electron chi connectivity index (χ0n) is 13.6. The summed E-state index contributed by atoms with van der Waals surface area (Å²) in [6, 6.07) is 12.0. The van der Waals surface area contributed by atoms with Gasteiger partial charge in [0, 0.05) is 12.1 Å². The predicted molar refractivity (Wildman–Crippen MR) is 93.4 cm³/mol. The third-order valence-electron chi connectivity index (χ3n) is 4.71. The van der Waals surface area contributed by atoms with Crippen molar-refractivity contribution in [2.75, 3.05) is 13.1 Å². The average molecular weight is 359 g/mol. The molecule has 6 heteroatoms. The molecule has 0 aromatic heterocycles. The largest absolute Gasteiger partial charge is 0.390 e. The fourth-order valence-electron chi connectivity index (χ4n) is 3.35. The summed E-state index contributed by atoms with van der Waals surface area (Å²) < 4.78 is 14.2. The van der Waals surface area contributed by atoms with Crippen LogP contribution >= 0.6 is 11.6 Å². The van der Waals surface area contributed by atoms with Crippen LogP contribution in [0.2, 0.25) is 5.02 Å². The number of nitrogens with zero attached hydrogens (tertiary/aromatic N) is 2. The quantitative estimate of drug-likeness (QED) is 0.822. The number of oxime groups is 1. The molecule has 1 saturated heterocycles. The molecule has 2 atom stereocenters. The van der Waals surface area contributed by atoms with Crippen molar-refractivity contribution >= 4 is 23.2 Å². The Bertz CT molecular complexity index is 846. The second-order valence-electron chi connectivity index (χ2n) is 6.40. The fraction of sp³-hybridized carbons (Fsp3) is 0.263. The molecule has 128 valence electrons. The van der Waals surface area contributed by atoms with E-state index in [0.717, 1.165) is 5.56 Å². The second kappa shape index (κ2) is 6.15. The van der Waals surface area contributed by atoms with E-state index in [0.29, 0.717) is 29.4 Å². The van der Waals surface area contributed by atoms with Gasteiger partial charge in [-0.2, -0.15) is 0 Å². The van der Waals surface area contributed by atoms with Crippen molar-refractivity contribution in [3.63, 3.8) is 0 Å². The van der Waals surface area contributed by atoms with Crippen LogP contribution in [-0.2, 0) is 4.84 Å². The molecule has 0 N–H and O–H groups in total. The molecule has 2 aliphatic heterocycles. The molecule has 2 unspecified atom stereocenters. The van der Waals surface area contributed by atoms with Gasteiger partial charge in [-0.25, -0.2) is 4.39 Å². The first-order valence-electron chi connectivity index (χ1n) is 8.08. The minimum absolute atomic E-state index is 0.0584. The highest BCUT2D eigenvalue weighted by Gasteiger charge is 2.45. The number of aryl methyl sites for hydroxylation is 1. The van der Waals surface area contributed by atoms with Crippen LogP contribution in [0.15, 0.2) is 47.6 Å². The van der Waals surface area contributed by atoms with Gasteiger partial charge in [0.05, 0.1) is 23.0 Å². The number of hydrogen-bond acceptors (Lipinski definition) is 3. The highest BCUT2D eigenvalue weighted by Crippen LogP contribution is 2.34. The average Bonchev–Trinajstić information content (AvgIpc) is 3.16. The Labute approximate surface area is 149 Å². The van der Waals surface area contributed by atoms with Crippen LogP contribution in [0.1, 0.15) is 21.5 Å². The number of hydrogen-bond donors (Lipinski definition) is 0. The Hall–Kier alpha value is -2.40. The number of likely N-dealkylation sites (tertiary alicyclic amines) is 1. The number of carbonyl (C=O) groups is 1. The van der Waals surface area contributed by atoms with Gasteiger partial charge in [-0.1, -0.05) is 40.5 Å². The van der Waals surface area contributed by atoms with E-state index in [-0.39, 0.29) is 23.5 Å². The molecule has 0 saturated carbocycles. The molecule has 1 fully saturated rings. The Morgan fingerprint density at radius 1 is 1.24 bits per heavy atom. The summed E-state index contributed by atoms with van der Waals surface area (Å²) in [5, 5.41) is 4.34. The summed E-state index contributed by atoms with van der Waals surface area (Å²) in [7, 11) is 0. The predicted octanol–water partition coefficient (Wildman–Crippen LogP) is 3.66. The van der Waals surface area contributed by atoms with E-state index in [9.17, 15) is 9.18 Å².